The Morgan fingerprint density at radius 2 is 1.45 bits per heavy atom. The lowest BCUT2D eigenvalue weighted by Crippen LogP contribution is -2.30. The molecular formula is C29H22NO+. The average Bonchev–Trinajstić information content (AvgIpc) is 3.17. The van der Waals surface area contributed by atoms with Crippen LogP contribution in [0.4, 0.5) is 0 Å². The number of hydrogen-bond acceptors (Lipinski definition) is 1. The van der Waals surface area contributed by atoms with Crippen molar-refractivity contribution >= 4 is 32.7 Å². The standard InChI is InChI=1S/C29H22NO/c1-19-8-6-7-11-23(19)27-17-28-26(18-30(27)2)25-15-13-22-16-21(20-9-4-3-5-10-20)12-14-24(22)29(25)31-28/h3-18H,1-2H3/q+1. The molecule has 6 rings (SSSR count). The highest BCUT2D eigenvalue weighted by atomic mass is 16.3. The molecule has 0 aliphatic carbocycles. The maximum absolute atomic E-state index is 6.45. The molecule has 2 aromatic heterocycles. The zero-order chi connectivity index (χ0) is 20.9. The van der Waals surface area contributed by atoms with E-state index in [1.807, 2.05) is 6.07 Å². The third-order valence-electron chi connectivity index (χ3n) is 6.24. The van der Waals surface area contributed by atoms with Crippen molar-refractivity contribution < 1.29 is 8.98 Å². The molecule has 0 fully saturated rings. The molecule has 0 amide bonds. The van der Waals surface area contributed by atoms with Crippen LogP contribution in [0.2, 0.25) is 0 Å². The van der Waals surface area contributed by atoms with Gasteiger partial charge in [0, 0.05) is 16.3 Å². The second kappa shape index (κ2) is 6.82. The van der Waals surface area contributed by atoms with Gasteiger partial charge in [-0.1, -0.05) is 60.7 Å². The number of nitrogens with zero attached hydrogens (tertiary/aromatic N) is 1. The van der Waals surface area contributed by atoms with Gasteiger partial charge in [-0.3, -0.25) is 0 Å². The van der Waals surface area contributed by atoms with Gasteiger partial charge in [0.25, 0.3) is 0 Å². The highest BCUT2D eigenvalue weighted by molar-refractivity contribution is 6.15. The van der Waals surface area contributed by atoms with Gasteiger partial charge in [-0.2, -0.15) is 0 Å². The van der Waals surface area contributed by atoms with E-state index >= 15 is 0 Å². The molecule has 0 saturated carbocycles. The van der Waals surface area contributed by atoms with E-state index in [9.17, 15) is 0 Å². The van der Waals surface area contributed by atoms with Crippen molar-refractivity contribution in [3.05, 3.63) is 103 Å². The Morgan fingerprint density at radius 3 is 2.29 bits per heavy atom. The van der Waals surface area contributed by atoms with E-state index in [0.717, 1.165) is 33.0 Å². The number of aryl methyl sites for hydroxylation is 2. The van der Waals surface area contributed by atoms with Crippen molar-refractivity contribution in [2.75, 3.05) is 0 Å². The Hall–Kier alpha value is -3.91. The molecule has 2 heteroatoms. The van der Waals surface area contributed by atoms with Gasteiger partial charge in [0.1, 0.15) is 18.2 Å². The van der Waals surface area contributed by atoms with Gasteiger partial charge in [0.05, 0.1) is 11.5 Å². The summed E-state index contributed by atoms with van der Waals surface area (Å²) < 4.78 is 8.65. The fraction of sp³-hybridized carbons (Fsp3) is 0.0690. The Labute approximate surface area is 181 Å². The third kappa shape index (κ3) is 2.83. The number of furan rings is 1. The van der Waals surface area contributed by atoms with Crippen molar-refractivity contribution in [3.8, 4) is 22.4 Å². The van der Waals surface area contributed by atoms with E-state index in [-0.39, 0.29) is 0 Å². The molecular weight excluding hydrogens is 378 g/mol. The number of benzene rings is 4. The van der Waals surface area contributed by atoms with Crippen LogP contribution >= 0.6 is 0 Å². The van der Waals surface area contributed by atoms with Crippen LogP contribution in [0.1, 0.15) is 5.56 Å². The number of aromatic nitrogens is 1. The quantitative estimate of drug-likeness (QED) is 0.281. The summed E-state index contributed by atoms with van der Waals surface area (Å²) in [6, 6.07) is 32.1. The zero-order valence-electron chi connectivity index (χ0n) is 17.6. The molecule has 0 unspecified atom stereocenters. The smallest absolute Gasteiger partial charge is 0.216 e. The lowest BCUT2D eigenvalue weighted by atomic mass is 10.00. The van der Waals surface area contributed by atoms with Crippen LogP contribution in [0, 0.1) is 6.92 Å². The maximum Gasteiger partial charge on any atom is 0.216 e. The summed E-state index contributed by atoms with van der Waals surface area (Å²) in [5.74, 6) is 0. The van der Waals surface area contributed by atoms with E-state index in [2.05, 4.69) is 110 Å². The predicted molar refractivity (Wildman–Crippen MR) is 128 cm³/mol. The van der Waals surface area contributed by atoms with Crippen LogP contribution in [0.3, 0.4) is 0 Å². The van der Waals surface area contributed by atoms with E-state index in [1.165, 1.54) is 27.6 Å². The number of hydrogen-bond donors (Lipinski definition) is 0. The first-order valence-electron chi connectivity index (χ1n) is 10.6. The maximum atomic E-state index is 6.45. The Kier molecular flexibility index (Phi) is 3.94. The van der Waals surface area contributed by atoms with Gasteiger partial charge in [-0.15, -0.1) is 0 Å². The SMILES string of the molecule is Cc1ccccc1-c1cc2oc3c4ccc(-c5ccccc5)cc4ccc3c2c[n+]1C. The van der Waals surface area contributed by atoms with Crippen molar-refractivity contribution in [3.63, 3.8) is 0 Å². The summed E-state index contributed by atoms with van der Waals surface area (Å²) in [5.41, 5.74) is 7.96. The number of rotatable bonds is 2. The van der Waals surface area contributed by atoms with Crippen molar-refractivity contribution in [2.45, 2.75) is 6.92 Å². The second-order valence-electron chi connectivity index (χ2n) is 8.21. The molecule has 0 spiro atoms. The molecule has 148 valence electrons. The first-order valence-corrected chi connectivity index (χ1v) is 10.6. The first kappa shape index (κ1) is 17.9. The molecule has 2 heterocycles. The van der Waals surface area contributed by atoms with Crippen LogP contribution in [0.25, 0.3) is 55.1 Å². The fourth-order valence-corrected chi connectivity index (χ4v) is 4.59. The highest BCUT2D eigenvalue weighted by Gasteiger charge is 2.19. The summed E-state index contributed by atoms with van der Waals surface area (Å²) in [4.78, 5) is 0. The Balaban J connectivity index is 1.58. The molecule has 6 aromatic rings. The molecule has 0 bridgehead atoms. The molecule has 0 radical (unpaired) electrons. The molecule has 4 aromatic carbocycles. The van der Waals surface area contributed by atoms with Gasteiger partial charge in [-0.25, -0.2) is 4.57 Å². The largest absolute Gasteiger partial charge is 0.455 e. The van der Waals surface area contributed by atoms with Gasteiger partial charge in [0.15, 0.2) is 6.20 Å². The van der Waals surface area contributed by atoms with E-state index in [4.69, 9.17) is 4.42 Å². The molecule has 0 atom stereocenters. The molecule has 2 nitrogen and oxygen atoms in total. The van der Waals surface area contributed by atoms with Gasteiger partial charge >= 0.3 is 0 Å². The molecule has 0 N–H and O–H groups in total. The summed E-state index contributed by atoms with van der Waals surface area (Å²) in [7, 11) is 2.10. The number of fused-ring (bicyclic) bond motifs is 5. The van der Waals surface area contributed by atoms with Crippen molar-refractivity contribution in [2.24, 2.45) is 7.05 Å². The van der Waals surface area contributed by atoms with Crippen molar-refractivity contribution in [1.29, 1.82) is 0 Å². The highest BCUT2D eigenvalue weighted by Crippen LogP contribution is 2.36. The minimum absolute atomic E-state index is 0.922. The average molecular weight is 401 g/mol. The van der Waals surface area contributed by atoms with E-state index < -0.39 is 0 Å². The predicted octanol–water partition coefficient (Wildman–Crippen LogP) is 7.21. The van der Waals surface area contributed by atoms with E-state index in [1.54, 1.807) is 0 Å². The zero-order valence-corrected chi connectivity index (χ0v) is 17.6. The lowest BCUT2D eigenvalue weighted by molar-refractivity contribution is -0.659. The summed E-state index contributed by atoms with van der Waals surface area (Å²) in [5, 5.41) is 4.63. The van der Waals surface area contributed by atoms with Gasteiger partial charge < -0.3 is 4.42 Å². The van der Waals surface area contributed by atoms with Gasteiger partial charge in [0.2, 0.25) is 5.69 Å². The third-order valence-corrected chi connectivity index (χ3v) is 6.24. The number of pyridine rings is 1. The van der Waals surface area contributed by atoms with Crippen LogP contribution in [0.5, 0.6) is 0 Å². The normalized spacial score (nSPS) is 11.5. The minimum Gasteiger partial charge on any atom is -0.455 e. The van der Waals surface area contributed by atoms with E-state index in [0.29, 0.717) is 0 Å². The monoisotopic (exact) mass is 400 g/mol. The van der Waals surface area contributed by atoms with Crippen LogP contribution < -0.4 is 4.57 Å². The van der Waals surface area contributed by atoms with Crippen LogP contribution in [-0.4, -0.2) is 0 Å². The minimum atomic E-state index is 0.922. The molecule has 31 heavy (non-hydrogen) atoms. The van der Waals surface area contributed by atoms with Gasteiger partial charge in [-0.05, 0) is 53.3 Å². The molecule has 0 aliphatic rings. The van der Waals surface area contributed by atoms with Crippen LogP contribution in [-0.2, 0) is 7.05 Å². The molecule has 0 aliphatic heterocycles. The Morgan fingerprint density at radius 1 is 0.677 bits per heavy atom. The molecule has 0 saturated heterocycles. The Bertz CT molecular complexity index is 1590. The van der Waals surface area contributed by atoms with Crippen LogP contribution in [0.15, 0.2) is 102 Å². The second-order valence-corrected chi connectivity index (χ2v) is 8.21. The fourth-order valence-electron chi connectivity index (χ4n) is 4.59. The topological polar surface area (TPSA) is 17.0 Å². The summed E-state index contributed by atoms with van der Waals surface area (Å²) in [6.07, 6.45) is 2.19. The lowest BCUT2D eigenvalue weighted by Gasteiger charge is -2.04. The van der Waals surface area contributed by atoms with Crippen molar-refractivity contribution in [1.82, 2.24) is 0 Å². The summed E-state index contributed by atoms with van der Waals surface area (Å²) >= 11 is 0. The summed E-state index contributed by atoms with van der Waals surface area (Å²) in [6.45, 7) is 2.15. The first-order chi connectivity index (χ1) is 15.2.